The van der Waals surface area contributed by atoms with Crippen LogP contribution in [0, 0.1) is 33.6 Å². The zero-order valence-electron chi connectivity index (χ0n) is 39.8. The van der Waals surface area contributed by atoms with E-state index < -0.39 is 0 Å². The Hall–Kier alpha value is -4.90. The molecular formula is C56H64N8Pt2-4. The molecule has 0 fully saturated rings. The Balaban J connectivity index is 0.000000196. The van der Waals surface area contributed by atoms with Crippen LogP contribution in [0.15, 0.2) is 122 Å². The van der Waals surface area contributed by atoms with Gasteiger partial charge < -0.3 is 0 Å². The molecule has 0 atom stereocenters. The molecule has 8 nitrogen and oxygen atoms in total. The van der Waals surface area contributed by atoms with Gasteiger partial charge in [-0.2, -0.15) is 0 Å². The quantitative estimate of drug-likeness (QED) is 0.0714. The molecule has 0 bridgehead atoms. The van der Waals surface area contributed by atoms with Crippen molar-refractivity contribution >= 4 is 0 Å². The third kappa shape index (κ3) is 12.3. The molecule has 10 heteroatoms. The first-order chi connectivity index (χ1) is 31.7. The number of benzene rings is 4. The third-order valence-corrected chi connectivity index (χ3v) is 14.5. The molecule has 4 aromatic heterocycles. The van der Waals surface area contributed by atoms with Crippen LogP contribution >= 0.6 is 0 Å². The van der Waals surface area contributed by atoms with Crippen LogP contribution in [-0.4, -0.2) is 28.5 Å². The number of unbranched alkanes of at least 4 members (excludes halogenated alkanes) is 4. The summed E-state index contributed by atoms with van der Waals surface area (Å²) in [5, 5.41) is 17.8. The van der Waals surface area contributed by atoms with Crippen LogP contribution < -0.4 is 10.2 Å². The van der Waals surface area contributed by atoms with Gasteiger partial charge in [-0.3, -0.25) is 0 Å². The van der Waals surface area contributed by atoms with Crippen molar-refractivity contribution in [1.29, 1.82) is 0 Å². The number of para-hydroxylation sites is 2. The Morgan fingerprint density at radius 3 is 1.24 bits per heavy atom. The van der Waals surface area contributed by atoms with E-state index in [1.54, 1.807) is 0 Å². The van der Waals surface area contributed by atoms with Gasteiger partial charge in [0.15, 0.2) is 0 Å². The summed E-state index contributed by atoms with van der Waals surface area (Å²) in [4.78, 5) is 0. The third-order valence-electron chi connectivity index (χ3n) is 12.1. The number of hydrogen-bond acceptors (Lipinski definition) is 2. The summed E-state index contributed by atoms with van der Waals surface area (Å²) in [5.41, 5.74) is 14.4. The SMILES string of the molecule is Cc1[n-]nc(CCCCCn2ccn(-c3[c-]cccc3)[c]2=[Pt])c1-c1ccc(C(C)(C)C)cc1.Cc1[n-]nc(CCCCCn2ccn(-c3[c-]cccc3)[c]2=[Pt])c1-c1ccc(C(C)(C)C)cc1. The summed E-state index contributed by atoms with van der Waals surface area (Å²) in [6, 6.07) is 40.6. The summed E-state index contributed by atoms with van der Waals surface area (Å²) in [7, 11) is 0. The molecule has 0 saturated carbocycles. The van der Waals surface area contributed by atoms with Gasteiger partial charge in [-0.15, -0.1) is 0 Å². The van der Waals surface area contributed by atoms with Crippen molar-refractivity contribution in [2.24, 2.45) is 0 Å². The molecule has 0 saturated heterocycles. The Morgan fingerprint density at radius 2 is 0.894 bits per heavy atom. The summed E-state index contributed by atoms with van der Waals surface area (Å²) >= 11 is 4.80. The topological polar surface area (TPSA) is 73.7 Å². The van der Waals surface area contributed by atoms with Crippen LogP contribution in [0.5, 0.6) is 0 Å². The molecule has 0 aliphatic heterocycles. The van der Waals surface area contributed by atoms with Crippen LogP contribution in [0.2, 0.25) is 0 Å². The Labute approximate surface area is 414 Å². The van der Waals surface area contributed by atoms with Gasteiger partial charge in [-0.05, 0) is 22.0 Å². The number of imidazole rings is 2. The molecular weight excluding hydrogens is 1170 g/mol. The zero-order valence-corrected chi connectivity index (χ0v) is 44.4. The molecule has 0 aliphatic rings. The van der Waals surface area contributed by atoms with Crippen molar-refractivity contribution in [3.63, 3.8) is 0 Å². The van der Waals surface area contributed by atoms with Crippen molar-refractivity contribution in [1.82, 2.24) is 38.7 Å². The maximum absolute atomic E-state index is 4.51. The van der Waals surface area contributed by atoms with Crippen molar-refractivity contribution in [2.75, 3.05) is 0 Å². The Morgan fingerprint density at radius 1 is 0.500 bits per heavy atom. The average Bonchev–Trinajstić information content (AvgIpc) is 4.08. The number of hydrogen-bond donors (Lipinski definition) is 0. The first-order valence-corrected chi connectivity index (χ1v) is 25.6. The van der Waals surface area contributed by atoms with E-state index in [4.69, 9.17) is 0 Å². The van der Waals surface area contributed by atoms with Crippen LogP contribution in [0.4, 0.5) is 0 Å². The normalized spacial score (nSPS) is 11.8. The van der Waals surface area contributed by atoms with Crippen molar-refractivity contribution in [2.45, 2.75) is 131 Å². The van der Waals surface area contributed by atoms with E-state index in [-0.39, 0.29) is 10.8 Å². The number of nitrogens with zero attached hydrogens (tertiary/aromatic N) is 8. The van der Waals surface area contributed by atoms with Crippen LogP contribution in [0.1, 0.15) is 114 Å². The van der Waals surface area contributed by atoms with Gasteiger partial charge in [-0.1, -0.05) is 41.5 Å². The van der Waals surface area contributed by atoms with E-state index in [0.717, 1.165) is 85.8 Å². The summed E-state index contributed by atoms with van der Waals surface area (Å²) in [6.45, 7) is 19.7. The van der Waals surface area contributed by atoms with Gasteiger partial charge in [0.2, 0.25) is 0 Å². The van der Waals surface area contributed by atoms with E-state index in [1.807, 2.05) is 36.4 Å². The first-order valence-electron chi connectivity index (χ1n) is 23.3. The molecule has 352 valence electrons. The van der Waals surface area contributed by atoms with Gasteiger partial charge in [0.05, 0.1) is 0 Å². The second-order valence-electron chi connectivity index (χ2n) is 19.2. The minimum atomic E-state index is 0.162. The van der Waals surface area contributed by atoms with E-state index in [0.29, 0.717) is 0 Å². The fraction of sp³-hybridized carbons (Fsp3) is 0.357. The molecule has 0 N–H and O–H groups in total. The van der Waals surface area contributed by atoms with Crippen LogP contribution in [0.25, 0.3) is 33.6 Å². The Bertz CT molecular complexity index is 2680. The second-order valence-corrected chi connectivity index (χ2v) is 21.2. The van der Waals surface area contributed by atoms with E-state index in [2.05, 4.69) is 230 Å². The van der Waals surface area contributed by atoms with E-state index >= 15 is 0 Å². The van der Waals surface area contributed by atoms with Gasteiger partial charge in [-0.25, -0.2) is 0 Å². The molecule has 8 rings (SSSR count). The molecule has 0 amide bonds. The van der Waals surface area contributed by atoms with Gasteiger partial charge in [0.1, 0.15) is 0 Å². The van der Waals surface area contributed by atoms with Crippen molar-refractivity contribution in [3.05, 3.63) is 175 Å². The summed E-state index contributed by atoms with van der Waals surface area (Å²) < 4.78 is 11.4. The fourth-order valence-electron chi connectivity index (χ4n) is 8.30. The average molecular weight is 1240 g/mol. The maximum atomic E-state index is 4.51. The van der Waals surface area contributed by atoms with Crippen molar-refractivity contribution in [3.8, 4) is 33.6 Å². The predicted octanol–water partition coefficient (Wildman–Crippen LogP) is 12.4. The van der Waals surface area contributed by atoms with Crippen molar-refractivity contribution < 1.29 is 38.7 Å². The summed E-state index contributed by atoms with van der Waals surface area (Å²) in [5.74, 6) is 0. The van der Waals surface area contributed by atoms with Crippen LogP contribution in [0.3, 0.4) is 0 Å². The van der Waals surface area contributed by atoms with Gasteiger partial charge >= 0.3 is 354 Å². The second kappa shape index (κ2) is 22.3. The number of aromatic nitrogens is 8. The summed E-state index contributed by atoms with van der Waals surface area (Å²) in [6.07, 6.45) is 17.4. The van der Waals surface area contributed by atoms with Gasteiger partial charge in [0, 0.05) is 0 Å². The molecule has 0 radical (unpaired) electrons. The standard InChI is InChI=1S/2C28H32N4.2Pt/c2*1-22-27(23-14-16-24(17-15-23)28(2,3)4)26(30-29-22)13-9-6-10-18-31-19-20-32(21-31)25-11-7-5-8-12-25;;/h2*5,7-8,11,14-17,19-20H,6,9-10,13,18H2,1-4H3;;/q2*-2;;. The first kappa shape index (κ1) is 49.0. The van der Waals surface area contributed by atoms with E-state index in [9.17, 15) is 0 Å². The minimum absolute atomic E-state index is 0.162. The fourth-order valence-corrected chi connectivity index (χ4v) is 10.0. The molecule has 0 unspecified atom stereocenters. The molecule has 8 aromatic rings. The predicted molar refractivity (Wildman–Crippen MR) is 260 cm³/mol. The molecule has 66 heavy (non-hydrogen) atoms. The van der Waals surface area contributed by atoms with Gasteiger partial charge in [0.25, 0.3) is 0 Å². The zero-order chi connectivity index (χ0) is 46.8. The molecule has 4 aromatic carbocycles. The monoisotopic (exact) mass is 1240 g/mol. The number of aryl methyl sites for hydroxylation is 6. The Kier molecular flexibility index (Phi) is 16.5. The number of rotatable bonds is 16. The van der Waals surface area contributed by atoms with E-state index in [1.165, 1.54) is 53.8 Å². The van der Waals surface area contributed by atoms with Crippen LogP contribution in [-0.2, 0) is 75.5 Å². The molecule has 0 spiro atoms. The molecule has 4 heterocycles. The molecule has 0 aliphatic carbocycles.